The minimum atomic E-state index is -0.593. The van der Waals surface area contributed by atoms with Crippen LogP contribution in [0.2, 0.25) is 0 Å². The molecule has 1 aromatic carbocycles. The Kier molecular flexibility index (Phi) is 3.65. The van der Waals surface area contributed by atoms with Crippen molar-refractivity contribution >= 4 is 23.4 Å². The average molecular weight is 370 g/mol. The summed E-state index contributed by atoms with van der Waals surface area (Å²) in [6.45, 7) is 2.88. The van der Waals surface area contributed by atoms with Crippen LogP contribution in [0.15, 0.2) is 12.1 Å². The summed E-state index contributed by atoms with van der Waals surface area (Å²) in [4.78, 5) is 38.0. The van der Waals surface area contributed by atoms with Crippen LogP contribution in [-0.4, -0.2) is 53.9 Å². The molecule has 2 fully saturated rings. The third-order valence-corrected chi connectivity index (χ3v) is 6.09. The van der Waals surface area contributed by atoms with Crippen LogP contribution in [0, 0.1) is 0 Å². The lowest BCUT2D eigenvalue weighted by Gasteiger charge is -2.42. The number of carbonyl (C=O) groups excluding carboxylic acids is 3. The lowest BCUT2D eigenvalue weighted by atomic mass is 9.87. The number of nitrogens with one attached hydrogen (secondary N) is 3. The second-order valence-electron chi connectivity index (χ2n) is 7.85. The van der Waals surface area contributed by atoms with Gasteiger partial charge in [0.25, 0.3) is 5.91 Å². The van der Waals surface area contributed by atoms with Gasteiger partial charge in [0.15, 0.2) is 0 Å². The number of rotatable bonds is 1. The lowest BCUT2D eigenvalue weighted by Crippen LogP contribution is -2.53. The fraction of sp³-hybridized carbons (Fsp3) is 0.526. The zero-order chi connectivity index (χ0) is 18.6. The van der Waals surface area contributed by atoms with E-state index in [2.05, 4.69) is 16.0 Å². The first-order valence-corrected chi connectivity index (χ1v) is 9.48. The third-order valence-electron chi connectivity index (χ3n) is 6.09. The highest BCUT2D eigenvalue weighted by atomic mass is 16.5. The van der Waals surface area contributed by atoms with Gasteiger partial charge in [-0.05, 0) is 50.0 Å². The summed E-state index contributed by atoms with van der Waals surface area (Å²) in [5, 5.41) is 9.35. The van der Waals surface area contributed by atoms with Crippen LogP contribution in [0.3, 0.4) is 0 Å². The molecule has 0 bridgehead atoms. The molecule has 27 heavy (non-hydrogen) atoms. The van der Waals surface area contributed by atoms with Crippen LogP contribution in [0.1, 0.15) is 41.6 Å². The normalized spacial score (nSPS) is 26.1. The molecule has 4 aliphatic rings. The Bertz CT molecular complexity index is 846. The predicted molar refractivity (Wildman–Crippen MR) is 96.4 cm³/mol. The number of anilines is 1. The predicted octanol–water partition coefficient (Wildman–Crippen LogP) is 0.374. The van der Waals surface area contributed by atoms with E-state index in [0.717, 1.165) is 37.2 Å². The number of hydrogen-bond acceptors (Lipinski definition) is 6. The topological polar surface area (TPSA) is 99.8 Å². The van der Waals surface area contributed by atoms with Crippen molar-refractivity contribution in [3.8, 4) is 5.75 Å². The lowest BCUT2D eigenvalue weighted by molar-refractivity contribution is -0.136. The first kappa shape index (κ1) is 16.6. The molecular formula is C19H22N4O4. The van der Waals surface area contributed by atoms with E-state index in [1.54, 1.807) is 11.0 Å². The summed E-state index contributed by atoms with van der Waals surface area (Å²) in [6.07, 6.45) is 2.61. The zero-order valence-electron chi connectivity index (χ0n) is 15.0. The van der Waals surface area contributed by atoms with Crippen molar-refractivity contribution in [2.24, 2.45) is 0 Å². The van der Waals surface area contributed by atoms with E-state index in [-0.39, 0.29) is 29.7 Å². The molecule has 0 radical (unpaired) electrons. The van der Waals surface area contributed by atoms with Crippen molar-refractivity contribution in [2.75, 3.05) is 25.0 Å². The maximum Gasteiger partial charge on any atom is 0.255 e. The van der Waals surface area contributed by atoms with Crippen LogP contribution >= 0.6 is 0 Å². The quantitative estimate of drug-likeness (QED) is 0.618. The summed E-state index contributed by atoms with van der Waals surface area (Å²) in [5.74, 6) is -0.148. The third kappa shape index (κ3) is 2.66. The smallest absolute Gasteiger partial charge is 0.255 e. The second-order valence-corrected chi connectivity index (χ2v) is 7.85. The molecule has 3 N–H and O–H groups in total. The Morgan fingerprint density at radius 3 is 2.74 bits per heavy atom. The number of imide groups is 1. The van der Waals surface area contributed by atoms with E-state index in [9.17, 15) is 14.4 Å². The number of nitrogens with zero attached hydrogens (tertiary/aromatic N) is 1. The monoisotopic (exact) mass is 370 g/mol. The molecule has 5 rings (SSSR count). The van der Waals surface area contributed by atoms with E-state index in [1.807, 2.05) is 6.07 Å². The molecule has 3 amide bonds. The number of hydrogen-bond donors (Lipinski definition) is 3. The minimum Gasteiger partial charge on any atom is -0.489 e. The van der Waals surface area contributed by atoms with E-state index in [0.29, 0.717) is 30.9 Å². The van der Waals surface area contributed by atoms with E-state index < -0.39 is 6.04 Å². The molecule has 1 atom stereocenters. The minimum absolute atomic E-state index is 0.0571. The molecule has 8 nitrogen and oxygen atoms in total. The zero-order valence-corrected chi connectivity index (χ0v) is 15.0. The number of benzene rings is 1. The van der Waals surface area contributed by atoms with Crippen molar-refractivity contribution in [1.29, 1.82) is 0 Å². The van der Waals surface area contributed by atoms with Gasteiger partial charge >= 0.3 is 0 Å². The molecular weight excluding hydrogens is 348 g/mol. The Hall–Kier alpha value is -2.61. The summed E-state index contributed by atoms with van der Waals surface area (Å²) in [6, 6.07) is 3.18. The largest absolute Gasteiger partial charge is 0.489 e. The molecule has 0 aromatic heterocycles. The molecule has 1 aromatic rings. The van der Waals surface area contributed by atoms with E-state index >= 15 is 0 Å². The molecule has 8 heteroatoms. The number of ether oxygens (including phenoxy) is 1. The Morgan fingerprint density at radius 2 is 1.96 bits per heavy atom. The van der Waals surface area contributed by atoms with E-state index in [1.165, 1.54) is 0 Å². The molecule has 0 saturated carbocycles. The van der Waals surface area contributed by atoms with Crippen LogP contribution in [-0.2, 0) is 16.1 Å². The molecule has 4 aliphatic heterocycles. The van der Waals surface area contributed by atoms with Gasteiger partial charge in [-0.2, -0.15) is 0 Å². The van der Waals surface area contributed by atoms with Crippen molar-refractivity contribution in [3.63, 3.8) is 0 Å². The summed E-state index contributed by atoms with van der Waals surface area (Å²) >= 11 is 0. The van der Waals surface area contributed by atoms with Gasteiger partial charge in [0, 0.05) is 18.5 Å². The Morgan fingerprint density at radius 1 is 1.15 bits per heavy atom. The fourth-order valence-electron chi connectivity index (χ4n) is 4.53. The van der Waals surface area contributed by atoms with Gasteiger partial charge in [-0.1, -0.05) is 0 Å². The number of carbonyl (C=O) groups is 3. The molecule has 1 spiro atoms. The van der Waals surface area contributed by atoms with Crippen LogP contribution in [0.25, 0.3) is 0 Å². The van der Waals surface area contributed by atoms with Gasteiger partial charge in [-0.15, -0.1) is 0 Å². The Labute approximate surface area is 156 Å². The van der Waals surface area contributed by atoms with Gasteiger partial charge in [0.05, 0.1) is 11.2 Å². The highest BCUT2D eigenvalue weighted by Gasteiger charge is 2.41. The highest BCUT2D eigenvalue weighted by molar-refractivity contribution is 6.05. The second kappa shape index (κ2) is 5.95. The van der Waals surface area contributed by atoms with Gasteiger partial charge in [0.1, 0.15) is 18.4 Å². The molecule has 142 valence electrons. The molecule has 4 heterocycles. The first-order chi connectivity index (χ1) is 13.0. The fourth-order valence-corrected chi connectivity index (χ4v) is 4.53. The van der Waals surface area contributed by atoms with Gasteiger partial charge in [0.2, 0.25) is 11.8 Å². The van der Waals surface area contributed by atoms with Gasteiger partial charge in [-0.3, -0.25) is 19.7 Å². The summed E-state index contributed by atoms with van der Waals surface area (Å²) in [7, 11) is 0. The van der Waals surface area contributed by atoms with Crippen LogP contribution in [0.5, 0.6) is 5.75 Å². The van der Waals surface area contributed by atoms with Crippen molar-refractivity contribution < 1.29 is 19.1 Å². The van der Waals surface area contributed by atoms with Crippen LogP contribution < -0.4 is 20.7 Å². The number of fused-ring (bicyclic) bond motifs is 2. The highest BCUT2D eigenvalue weighted by Crippen LogP contribution is 2.40. The van der Waals surface area contributed by atoms with Crippen LogP contribution in [0.4, 0.5) is 5.69 Å². The van der Waals surface area contributed by atoms with Crippen molar-refractivity contribution in [2.45, 2.75) is 43.8 Å². The molecule has 2 saturated heterocycles. The van der Waals surface area contributed by atoms with Crippen molar-refractivity contribution in [3.05, 3.63) is 23.3 Å². The Balaban J connectivity index is 1.41. The molecule has 0 aliphatic carbocycles. The van der Waals surface area contributed by atoms with Gasteiger partial charge < -0.3 is 20.3 Å². The maximum absolute atomic E-state index is 12.9. The first-order valence-electron chi connectivity index (χ1n) is 9.48. The number of piperidine rings is 2. The standard InChI is InChI=1S/C19H22N4O4/c24-16-2-1-14(17(25)21-16)23-9-11-7-13-15(8-12(11)18(23)26)27-10-19(22-13)3-5-20-6-4-19/h7-8,14,20,22H,1-6,9-10H2,(H,21,24,25)/t14-/m0/s1. The number of amides is 3. The van der Waals surface area contributed by atoms with Crippen molar-refractivity contribution in [1.82, 2.24) is 15.5 Å². The summed E-state index contributed by atoms with van der Waals surface area (Å²) < 4.78 is 6.02. The maximum atomic E-state index is 12.9. The SMILES string of the molecule is O=C1CC[C@H](N2Cc3cc4c(cc3C2=O)OCC2(CCNCC2)N4)C(=O)N1. The van der Waals surface area contributed by atoms with E-state index in [4.69, 9.17) is 4.74 Å². The molecule has 0 unspecified atom stereocenters. The average Bonchev–Trinajstić information content (AvgIpc) is 2.96. The summed E-state index contributed by atoms with van der Waals surface area (Å²) in [5.41, 5.74) is 2.34. The van der Waals surface area contributed by atoms with Gasteiger partial charge in [-0.25, -0.2) is 0 Å².